The molecule has 0 saturated carbocycles. The molecule has 8 nitrogen and oxygen atoms in total. The molecular formula is C15H16N6O2S2. The Morgan fingerprint density at radius 1 is 1.36 bits per heavy atom. The number of carbonyl (C=O) groups is 1. The van der Waals surface area contributed by atoms with Gasteiger partial charge in [0.05, 0.1) is 18.6 Å². The van der Waals surface area contributed by atoms with Crippen molar-refractivity contribution in [3.8, 4) is 17.0 Å². The van der Waals surface area contributed by atoms with E-state index in [0.29, 0.717) is 16.1 Å². The number of aromatic nitrogens is 4. The van der Waals surface area contributed by atoms with Crippen molar-refractivity contribution in [3.63, 3.8) is 0 Å². The van der Waals surface area contributed by atoms with Crippen molar-refractivity contribution in [1.82, 2.24) is 19.9 Å². The number of aryl methyl sites for hydroxylation is 1. The number of hydrogen-bond acceptors (Lipinski definition) is 8. The minimum atomic E-state index is -0.179. The zero-order valence-corrected chi connectivity index (χ0v) is 15.2. The van der Waals surface area contributed by atoms with Crippen molar-refractivity contribution in [3.05, 3.63) is 35.5 Å². The zero-order chi connectivity index (χ0) is 17.8. The van der Waals surface area contributed by atoms with Crippen molar-refractivity contribution >= 4 is 34.1 Å². The highest BCUT2D eigenvalue weighted by Gasteiger charge is 2.12. The van der Waals surface area contributed by atoms with E-state index in [-0.39, 0.29) is 11.7 Å². The van der Waals surface area contributed by atoms with Gasteiger partial charge in [0.2, 0.25) is 11.1 Å². The topological polar surface area (TPSA) is 108 Å². The monoisotopic (exact) mass is 376 g/mol. The molecule has 0 radical (unpaired) electrons. The summed E-state index contributed by atoms with van der Waals surface area (Å²) in [5.74, 6) is 7.12. The van der Waals surface area contributed by atoms with E-state index >= 15 is 0 Å². The maximum absolute atomic E-state index is 12.1. The predicted octanol–water partition coefficient (Wildman–Crippen LogP) is 2.16. The summed E-state index contributed by atoms with van der Waals surface area (Å²) in [5, 5.41) is 13.4. The van der Waals surface area contributed by atoms with Gasteiger partial charge in [0.15, 0.2) is 5.13 Å². The molecule has 0 unspecified atom stereocenters. The molecule has 3 N–H and O–H groups in total. The fourth-order valence-corrected chi connectivity index (χ4v) is 3.40. The lowest BCUT2D eigenvalue weighted by Gasteiger charge is -2.02. The Hall–Kier alpha value is -2.59. The Kier molecular flexibility index (Phi) is 5.19. The smallest absolute Gasteiger partial charge is 0.236 e. The molecule has 0 aliphatic heterocycles. The number of benzene rings is 1. The molecule has 0 bridgehead atoms. The lowest BCUT2D eigenvalue weighted by Crippen LogP contribution is -2.16. The average molecular weight is 376 g/mol. The molecule has 3 aromatic rings. The second kappa shape index (κ2) is 7.53. The lowest BCUT2D eigenvalue weighted by atomic mass is 10.2. The van der Waals surface area contributed by atoms with Crippen LogP contribution >= 0.6 is 23.1 Å². The second-order valence-corrected chi connectivity index (χ2v) is 6.80. The molecule has 25 heavy (non-hydrogen) atoms. The maximum atomic E-state index is 12.1. The van der Waals surface area contributed by atoms with Gasteiger partial charge in [-0.25, -0.2) is 9.66 Å². The molecule has 10 heteroatoms. The highest BCUT2D eigenvalue weighted by atomic mass is 32.2. The number of rotatable bonds is 6. The summed E-state index contributed by atoms with van der Waals surface area (Å²) in [6.07, 6.45) is 0. The lowest BCUT2D eigenvalue weighted by molar-refractivity contribution is -0.113. The Balaban J connectivity index is 1.58. The van der Waals surface area contributed by atoms with Gasteiger partial charge in [0, 0.05) is 10.9 Å². The van der Waals surface area contributed by atoms with Crippen LogP contribution in [0.1, 0.15) is 5.82 Å². The number of amides is 1. The molecule has 0 atom stereocenters. The maximum Gasteiger partial charge on any atom is 0.236 e. The van der Waals surface area contributed by atoms with Crippen LogP contribution in [0.2, 0.25) is 0 Å². The molecule has 3 rings (SSSR count). The number of nitrogens with one attached hydrogen (secondary N) is 1. The third kappa shape index (κ3) is 4.09. The van der Waals surface area contributed by atoms with E-state index in [9.17, 15) is 4.79 Å². The first-order valence-electron chi connectivity index (χ1n) is 7.26. The summed E-state index contributed by atoms with van der Waals surface area (Å²) in [5.41, 5.74) is 1.76. The number of anilines is 1. The fourth-order valence-electron chi connectivity index (χ4n) is 1.96. The van der Waals surface area contributed by atoms with Gasteiger partial charge in [-0.15, -0.1) is 21.5 Å². The van der Waals surface area contributed by atoms with Gasteiger partial charge in [0.25, 0.3) is 0 Å². The number of methoxy groups -OCH3 is 1. The van der Waals surface area contributed by atoms with Crippen LogP contribution in [-0.2, 0) is 4.79 Å². The molecule has 0 saturated heterocycles. The molecule has 130 valence electrons. The first-order valence-corrected chi connectivity index (χ1v) is 9.13. The van der Waals surface area contributed by atoms with Gasteiger partial charge in [0.1, 0.15) is 11.6 Å². The Bertz CT molecular complexity index is 875. The summed E-state index contributed by atoms with van der Waals surface area (Å²) < 4.78 is 6.49. The summed E-state index contributed by atoms with van der Waals surface area (Å²) >= 11 is 2.59. The van der Waals surface area contributed by atoms with Gasteiger partial charge in [-0.05, 0) is 31.2 Å². The Labute approximate surface area is 152 Å². The van der Waals surface area contributed by atoms with Crippen LogP contribution < -0.4 is 15.9 Å². The van der Waals surface area contributed by atoms with Crippen molar-refractivity contribution in [2.24, 2.45) is 0 Å². The van der Waals surface area contributed by atoms with Crippen molar-refractivity contribution in [2.45, 2.75) is 12.1 Å². The van der Waals surface area contributed by atoms with E-state index in [1.54, 1.807) is 14.0 Å². The number of nitrogen functional groups attached to an aromatic ring is 1. The van der Waals surface area contributed by atoms with Crippen molar-refractivity contribution in [2.75, 3.05) is 24.0 Å². The first kappa shape index (κ1) is 17.2. The van der Waals surface area contributed by atoms with E-state index in [2.05, 4.69) is 20.5 Å². The Morgan fingerprint density at radius 3 is 2.76 bits per heavy atom. The summed E-state index contributed by atoms with van der Waals surface area (Å²) in [4.78, 5) is 16.5. The first-order chi connectivity index (χ1) is 12.1. The third-order valence-electron chi connectivity index (χ3n) is 3.30. The summed E-state index contributed by atoms with van der Waals surface area (Å²) in [7, 11) is 1.62. The van der Waals surface area contributed by atoms with Gasteiger partial charge in [-0.2, -0.15) is 0 Å². The van der Waals surface area contributed by atoms with E-state index in [1.165, 1.54) is 27.8 Å². The van der Waals surface area contributed by atoms with E-state index in [1.807, 2.05) is 29.6 Å². The number of nitrogens with two attached hydrogens (primary N) is 1. The molecule has 0 aliphatic rings. The van der Waals surface area contributed by atoms with Gasteiger partial charge < -0.3 is 15.9 Å². The van der Waals surface area contributed by atoms with Crippen LogP contribution in [0.3, 0.4) is 0 Å². The van der Waals surface area contributed by atoms with E-state index in [0.717, 1.165) is 17.0 Å². The van der Waals surface area contributed by atoms with E-state index < -0.39 is 0 Å². The molecule has 1 amide bonds. The van der Waals surface area contributed by atoms with Gasteiger partial charge >= 0.3 is 0 Å². The minimum Gasteiger partial charge on any atom is -0.497 e. The second-order valence-electron chi connectivity index (χ2n) is 5.00. The number of carbonyl (C=O) groups excluding carboxylic acids is 1. The summed E-state index contributed by atoms with van der Waals surface area (Å²) in [6.45, 7) is 1.74. The van der Waals surface area contributed by atoms with Crippen LogP contribution in [0.5, 0.6) is 5.75 Å². The average Bonchev–Trinajstić information content (AvgIpc) is 3.21. The molecule has 2 aromatic heterocycles. The SMILES string of the molecule is COc1ccc(-c2csc(NC(=O)CSc3nnc(C)n3N)n2)cc1. The molecule has 1 aromatic carbocycles. The molecule has 2 heterocycles. The third-order valence-corrected chi connectivity index (χ3v) is 5.00. The number of nitrogens with zero attached hydrogens (tertiary/aromatic N) is 4. The number of ether oxygens (including phenoxy) is 1. The Morgan fingerprint density at radius 2 is 2.12 bits per heavy atom. The number of hydrogen-bond donors (Lipinski definition) is 2. The molecule has 0 aliphatic carbocycles. The zero-order valence-electron chi connectivity index (χ0n) is 13.6. The molecule has 0 spiro atoms. The minimum absolute atomic E-state index is 0.173. The van der Waals surface area contributed by atoms with Gasteiger partial charge in [-0.3, -0.25) is 4.79 Å². The van der Waals surface area contributed by atoms with Crippen LogP contribution in [0.25, 0.3) is 11.3 Å². The van der Waals surface area contributed by atoms with Crippen molar-refractivity contribution < 1.29 is 9.53 Å². The van der Waals surface area contributed by atoms with Crippen LogP contribution in [0, 0.1) is 6.92 Å². The highest BCUT2D eigenvalue weighted by molar-refractivity contribution is 7.99. The predicted molar refractivity (Wildman–Crippen MR) is 98.4 cm³/mol. The fraction of sp³-hybridized carbons (Fsp3) is 0.200. The van der Waals surface area contributed by atoms with Crippen LogP contribution in [0.15, 0.2) is 34.8 Å². The normalized spacial score (nSPS) is 10.6. The van der Waals surface area contributed by atoms with Crippen LogP contribution in [-0.4, -0.2) is 38.6 Å². The van der Waals surface area contributed by atoms with Gasteiger partial charge in [-0.1, -0.05) is 11.8 Å². The highest BCUT2D eigenvalue weighted by Crippen LogP contribution is 2.26. The number of thioether (sulfide) groups is 1. The van der Waals surface area contributed by atoms with E-state index in [4.69, 9.17) is 10.6 Å². The molecular weight excluding hydrogens is 360 g/mol. The van der Waals surface area contributed by atoms with Crippen molar-refractivity contribution in [1.29, 1.82) is 0 Å². The molecule has 0 fully saturated rings. The van der Waals surface area contributed by atoms with Crippen LogP contribution in [0.4, 0.5) is 5.13 Å². The quantitative estimate of drug-likeness (QED) is 0.501. The standard InChI is InChI=1S/C15H16N6O2S2/c1-9-19-20-15(21(9)16)25-8-13(22)18-14-17-12(7-24-14)10-3-5-11(23-2)6-4-10/h3-7H,8,16H2,1-2H3,(H,17,18,22). The summed E-state index contributed by atoms with van der Waals surface area (Å²) in [6, 6.07) is 7.58. The number of thiazole rings is 1. The largest absolute Gasteiger partial charge is 0.497 e.